The van der Waals surface area contributed by atoms with Gasteiger partial charge in [-0.2, -0.15) is 0 Å². The molecular formula is C15H13ClN2O. The lowest BCUT2D eigenvalue weighted by Crippen LogP contribution is -2.20. The molecule has 4 heteroatoms. The van der Waals surface area contributed by atoms with Gasteiger partial charge in [0.1, 0.15) is 0 Å². The van der Waals surface area contributed by atoms with Crippen molar-refractivity contribution < 1.29 is 4.79 Å². The fourth-order valence-electron chi connectivity index (χ4n) is 1.49. The van der Waals surface area contributed by atoms with Gasteiger partial charge in [0.2, 0.25) is 5.91 Å². The van der Waals surface area contributed by atoms with Crippen LogP contribution in [0.2, 0.25) is 5.02 Å². The zero-order valence-electron chi connectivity index (χ0n) is 10.2. The van der Waals surface area contributed by atoms with Gasteiger partial charge in [-0.3, -0.25) is 9.78 Å². The number of benzene rings is 1. The smallest absolute Gasteiger partial charge is 0.244 e. The van der Waals surface area contributed by atoms with Gasteiger partial charge in [-0.25, -0.2) is 0 Å². The molecule has 3 nitrogen and oxygen atoms in total. The number of aromatic nitrogens is 1. The van der Waals surface area contributed by atoms with Gasteiger partial charge in [0.25, 0.3) is 0 Å². The van der Waals surface area contributed by atoms with Gasteiger partial charge < -0.3 is 5.32 Å². The molecule has 96 valence electrons. The van der Waals surface area contributed by atoms with Crippen LogP contribution in [-0.4, -0.2) is 10.9 Å². The lowest BCUT2D eigenvalue weighted by molar-refractivity contribution is -0.116. The van der Waals surface area contributed by atoms with Crippen molar-refractivity contribution in [1.82, 2.24) is 10.3 Å². The van der Waals surface area contributed by atoms with Gasteiger partial charge in [-0.05, 0) is 41.5 Å². The molecule has 1 N–H and O–H groups in total. The number of halogens is 1. The van der Waals surface area contributed by atoms with E-state index in [4.69, 9.17) is 11.6 Å². The number of nitrogens with zero attached hydrogens (tertiary/aromatic N) is 1. The van der Waals surface area contributed by atoms with Gasteiger partial charge in [0, 0.05) is 30.0 Å². The van der Waals surface area contributed by atoms with Crippen LogP contribution in [0.15, 0.2) is 54.9 Å². The second-order valence-electron chi connectivity index (χ2n) is 3.96. The fourth-order valence-corrected chi connectivity index (χ4v) is 1.62. The molecule has 2 rings (SSSR count). The summed E-state index contributed by atoms with van der Waals surface area (Å²) in [5.41, 5.74) is 1.95. The Balaban J connectivity index is 1.86. The minimum absolute atomic E-state index is 0.133. The summed E-state index contributed by atoms with van der Waals surface area (Å²) in [4.78, 5) is 15.5. The lowest BCUT2D eigenvalue weighted by atomic mass is 10.2. The summed E-state index contributed by atoms with van der Waals surface area (Å²) in [6.07, 6.45) is 6.65. The molecule has 1 heterocycles. The second-order valence-corrected chi connectivity index (χ2v) is 4.39. The molecule has 0 atom stereocenters. The molecule has 1 aromatic heterocycles. The Morgan fingerprint density at radius 2 is 1.84 bits per heavy atom. The van der Waals surface area contributed by atoms with Crippen molar-refractivity contribution in [3.63, 3.8) is 0 Å². The standard InChI is InChI=1S/C15H13ClN2O/c16-14-4-1-12(2-5-14)3-6-15(19)18-11-13-7-9-17-10-8-13/h1-10H,11H2,(H,18,19)/b6-3+. The molecule has 0 saturated heterocycles. The number of hydrogen-bond donors (Lipinski definition) is 1. The third-order valence-corrected chi connectivity index (χ3v) is 2.77. The molecule has 0 radical (unpaired) electrons. The predicted octanol–water partition coefficient (Wildman–Crippen LogP) is 3.06. The van der Waals surface area contributed by atoms with Crippen LogP contribution in [-0.2, 0) is 11.3 Å². The van der Waals surface area contributed by atoms with Crippen LogP contribution < -0.4 is 5.32 Å². The van der Waals surface area contributed by atoms with Crippen LogP contribution in [0.1, 0.15) is 11.1 Å². The number of amides is 1. The number of pyridine rings is 1. The summed E-state index contributed by atoms with van der Waals surface area (Å²) in [6, 6.07) is 11.0. The number of nitrogens with one attached hydrogen (secondary N) is 1. The van der Waals surface area contributed by atoms with Crippen molar-refractivity contribution in [2.75, 3.05) is 0 Å². The SMILES string of the molecule is O=C(/C=C/c1ccc(Cl)cc1)NCc1ccncc1. The molecule has 0 aliphatic carbocycles. The Labute approximate surface area is 116 Å². The molecule has 0 aliphatic heterocycles. The van der Waals surface area contributed by atoms with Crippen molar-refractivity contribution in [3.05, 3.63) is 71.0 Å². The van der Waals surface area contributed by atoms with Crippen molar-refractivity contribution in [3.8, 4) is 0 Å². The van der Waals surface area contributed by atoms with E-state index >= 15 is 0 Å². The molecule has 0 unspecified atom stereocenters. The summed E-state index contributed by atoms with van der Waals surface area (Å²) in [5.74, 6) is -0.133. The molecule has 0 bridgehead atoms. The maximum Gasteiger partial charge on any atom is 0.244 e. The monoisotopic (exact) mass is 272 g/mol. The first kappa shape index (κ1) is 13.3. The highest BCUT2D eigenvalue weighted by Crippen LogP contribution is 2.10. The Hall–Kier alpha value is -2.13. The van der Waals surface area contributed by atoms with E-state index in [9.17, 15) is 4.79 Å². The van der Waals surface area contributed by atoms with Gasteiger partial charge in [0.15, 0.2) is 0 Å². The van der Waals surface area contributed by atoms with Crippen LogP contribution in [0.25, 0.3) is 6.08 Å². The predicted molar refractivity (Wildman–Crippen MR) is 76.6 cm³/mol. The van der Waals surface area contributed by atoms with E-state index in [1.54, 1.807) is 30.6 Å². The number of rotatable bonds is 4. The van der Waals surface area contributed by atoms with Crippen LogP contribution >= 0.6 is 11.6 Å². The van der Waals surface area contributed by atoms with Crippen molar-refractivity contribution >= 4 is 23.6 Å². The van der Waals surface area contributed by atoms with E-state index in [2.05, 4.69) is 10.3 Å². The number of hydrogen-bond acceptors (Lipinski definition) is 2. The van der Waals surface area contributed by atoms with E-state index in [0.717, 1.165) is 11.1 Å². The van der Waals surface area contributed by atoms with Crippen LogP contribution in [0.3, 0.4) is 0 Å². The molecule has 0 fully saturated rings. The summed E-state index contributed by atoms with van der Waals surface area (Å²) in [5, 5.41) is 3.48. The average molecular weight is 273 g/mol. The maximum absolute atomic E-state index is 11.6. The molecule has 1 aromatic carbocycles. The fraction of sp³-hybridized carbons (Fsp3) is 0.0667. The van der Waals surface area contributed by atoms with E-state index in [1.165, 1.54) is 6.08 Å². The van der Waals surface area contributed by atoms with Gasteiger partial charge in [0.05, 0.1) is 0 Å². The highest BCUT2D eigenvalue weighted by molar-refractivity contribution is 6.30. The highest BCUT2D eigenvalue weighted by Gasteiger charge is 1.96. The first-order valence-corrected chi connectivity index (χ1v) is 6.22. The molecule has 0 aliphatic rings. The number of carbonyl (C=O) groups is 1. The molecule has 19 heavy (non-hydrogen) atoms. The van der Waals surface area contributed by atoms with Crippen LogP contribution in [0.5, 0.6) is 0 Å². The Kier molecular flexibility index (Phi) is 4.70. The third kappa shape index (κ3) is 4.56. The quantitative estimate of drug-likeness (QED) is 0.869. The first-order chi connectivity index (χ1) is 9.24. The molecule has 1 amide bonds. The van der Waals surface area contributed by atoms with Crippen LogP contribution in [0, 0.1) is 0 Å². The van der Waals surface area contributed by atoms with E-state index in [-0.39, 0.29) is 5.91 Å². The summed E-state index contributed by atoms with van der Waals surface area (Å²) in [6.45, 7) is 0.492. The maximum atomic E-state index is 11.6. The minimum Gasteiger partial charge on any atom is -0.348 e. The third-order valence-electron chi connectivity index (χ3n) is 2.51. The number of carbonyl (C=O) groups excluding carboxylic acids is 1. The van der Waals surface area contributed by atoms with E-state index < -0.39 is 0 Å². The van der Waals surface area contributed by atoms with Gasteiger partial charge in [-0.15, -0.1) is 0 Å². The Morgan fingerprint density at radius 3 is 2.53 bits per heavy atom. The minimum atomic E-state index is -0.133. The van der Waals surface area contributed by atoms with Gasteiger partial charge >= 0.3 is 0 Å². The zero-order valence-corrected chi connectivity index (χ0v) is 11.0. The summed E-state index contributed by atoms with van der Waals surface area (Å²) in [7, 11) is 0. The summed E-state index contributed by atoms with van der Waals surface area (Å²) >= 11 is 5.78. The van der Waals surface area contributed by atoms with Crippen molar-refractivity contribution in [1.29, 1.82) is 0 Å². The Morgan fingerprint density at radius 1 is 1.16 bits per heavy atom. The molecule has 0 spiro atoms. The molecule has 0 saturated carbocycles. The van der Waals surface area contributed by atoms with E-state index in [0.29, 0.717) is 11.6 Å². The topological polar surface area (TPSA) is 42.0 Å². The van der Waals surface area contributed by atoms with Crippen molar-refractivity contribution in [2.24, 2.45) is 0 Å². The van der Waals surface area contributed by atoms with E-state index in [1.807, 2.05) is 24.3 Å². The highest BCUT2D eigenvalue weighted by atomic mass is 35.5. The lowest BCUT2D eigenvalue weighted by Gasteiger charge is -2.01. The normalized spacial score (nSPS) is 10.6. The second kappa shape index (κ2) is 6.71. The largest absolute Gasteiger partial charge is 0.348 e. The molecular weight excluding hydrogens is 260 g/mol. The van der Waals surface area contributed by atoms with Crippen LogP contribution in [0.4, 0.5) is 0 Å². The molecule has 2 aromatic rings. The van der Waals surface area contributed by atoms with Gasteiger partial charge in [-0.1, -0.05) is 23.7 Å². The average Bonchev–Trinajstić information content (AvgIpc) is 2.45. The Bertz CT molecular complexity index is 564. The van der Waals surface area contributed by atoms with Crippen molar-refractivity contribution in [2.45, 2.75) is 6.54 Å². The zero-order chi connectivity index (χ0) is 13.5. The first-order valence-electron chi connectivity index (χ1n) is 5.84. The summed E-state index contributed by atoms with van der Waals surface area (Å²) < 4.78 is 0.